The van der Waals surface area contributed by atoms with Gasteiger partial charge in [-0.25, -0.2) is 9.97 Å². The predicted octanol–water partition coefficient (Wildman–Crippen LogP) is 1.59. The topological polar surface area (TPSA) is 58.5 Å². The van der Waals surface area contributed by atoms with Crippen molar-refractivity contribution in [3.63, 3.8) is 0 Å². The highest BCUT2D eigenvalue weighted by molar-refractivity contribution is 5.56. The highest BCUT2D eigenvalue weighted by Crippen LogP contribution is 2.17. The number of nitrogens with zero attached hydrogens (tertiary/aromatic N) is 3. The normalized spacial score (nSPS) is 12.2. The number of hydrogen-bond acceptors (Lipinski definition) is 5. The molecule has 1 atom stereocenters. The zero-order valence-corrected chi connectivity index (χ0v) is 11.7. The van der Waals surface area contributed by atoms with E-state index in [2.05, 4.69) is 9.97 Å². The quantitative estimate of drug-likeness (QED) is 0.866. The highest BCUT2D eigenvalue weighted by Gasteiger charge is 2.11. The van der Waals surface area contributed by atoms with E-state index < -0.39 is 6.10 Å². The molecule has 2 rings (SSSR count). The Morgan fingerprint density at radius 2 is 2.00 bits per heavy atom. The smallest absolute Gasteiger partial charge is 0.161 e. The van der Waals surface area contributed by atoms with E-state index in [0.29, 0.717) is 19.0 Å². The zero-order valence-electron chi connectivity index (χ0n) is 11.7. The molecule has 0 amide bonds. The van der Waals surface area contributed by atoms with Crippen LogP contribution in [-0.2, 0) is 4.74 Å². The summed E-state index contributed by atoms with van der Waals surface area (Å²) in [5, 5.41) is 9.76. The molecule has 0 saturated heterocycles. The van der Waals surface area contributed by atoms with E-state index in [9.17, 15) is 5.11 Å². The largest absolute Gasteiger partial charge is 0.389 e. The molecule has 5 heteroatoms. The maximum absolute atomic E-state index is 9.76. The van der Waals surface area contributed by atoms with Gasteiger partial charge >= 0.3 is 0 Å². The Bertz CT molecular complexity index is 534. The minimum absolute atomic E-state index is 0.307. The van der Waals surface area contributed by atoms with Crippen molar-refractivity contribution in [1.29, 1.82) is 0 Å². The summed E-state index contributed by atoms with van der Waals surface area (Å²) in [6.45, 7) is 0.764. The second-order valence-corrected chi connectivity index (χ2v) is 4.59. The Morgan fingerprint density at radius 1 is 1.25 bits per heavy atom. The van der Waals surface area contributed by atoms with E-state index in [1.54, 1.807) is 13.3 Å². The van der Waals surface area contributed by atoms with Crippen LogP contribution in [0.4, 0.5) is 5.82 Å². The molecule has 0 radical (unpaired) electrons. The van der Waals surface area contributed by atoms with Crippen LogP contribution in [-0.4, -0.2) is 48.5 Å². The molecule has 0 aliphatic carbocycles. The number of ether oxygens (including phenoxy) is 1. The number of benzene rings is 1. The molecule has 20 heavy (non-hydrogen) atoms. The second kappa shape index (κ2) is 6.98. The Labute approximate surface area is 118 Å². The average molecular weight is 273 g/mol. The van der Waals surface area contributed by atoms with Crippen LogP contribution in [0, 0.1) is 0 Å². The molecule has 2 aromatic rings. The summed E-state index contributed by atoms with van der Waals surface area (Å²) >= 11 is 0. The van der Waals surface area contributed by atoms with Crippen molar-refractivity contribution in [2.75, 3.05) is 32.2 Å². The summed E-state index contributed by atoms with van der Waals surface area (Å²) in [4.78, 5) is 10.7. The van der Waals surface area contributed by atoms with Gasteiger partial charge in [-0.1, -0.05) is 30.3 Å². The van der Waals surface area contributed by atoms with Gasteiger partial charge in [0.2, 0.25) is 0 Å². The molecule has 106 valence electrons. The lowest BCUT2D eigenvalue weighted by Crippen LogP contribution is -2.32. The first-order chi connectivity index (χ1) is 9.70. The molecule has 0 aliphatic heterocycles. The first-order valence-corrected chi connectivity index (χ1v) is 6.47. The van der Waals surface area contributed by atoms with E-state index in [-0.39, 0.29) is 0 Å². The van der Waals surface area contributed by atoms with Crippen LogP contribution >= 0.6 is 0 Å². The van der Waals surface area contributed by atoms with E-state index >= 15 is 0 Å². The maximum atomic E-state index is 9.76. The Balaban J connectivity index is 2.13. The van der Waals surface area contributed by atoms with Gasteiger partial charge in [0.05, 0.1) is 12.7 Å². The number of likely N-dealkylation sites (N-methyl/N-ethyl adjacent to an activating group) is 1. The van der Waals surface area contributed by atoms with Gasteiger partial charge in [0.25, 0.3) is 0 Å². The molecule has 0 aliphatic rings. The Hall–Kier alpha value is -1.98. The van der Waals surface area contributed by atoms with Crippen LogP contribution < -0.4 is 4.90 Å². The van der Waals surface area contributed by atoms with Gasteiger partial charge in [0, 0.05) is 32.5 Å². The number of aliphatic hydroxyl groups is 1. The lowest BCUT2D eigenvalue weighted by Gasteiger charge is -2.21. The van der Waals surface area contributed by atoms with Crippen LogP contribution in [0.25, 0.3) is 11.4 Å². The molecule has 1 aromatic carbocycles. The fraction of sp³-hybridized carbons (Fsp3) is 0.333. The van der Waals surface area contributed by atoms with E-state index in [0.717, 1.165) is 11.4 Å². The van der Waals surface area contributed by atoms with Crippen molar-refractivity contribution < 1.29 is 9.84 Å². The Morgan fingerprint density at radius 3 is 2.70 bits per heavy atom. The molecule has 1 N–H and O–H groups in total. The number of anilines is 1. The Kier molecular flexibility index (Phi) is 5.03. The van der Waals surface area contributed by atoms with Crippen molar-refractivity contribution in [2.24, 2.45) is 0 Å². The fourth-order valence-electron chi connectivity index (χ4n) is 1.94. The first kappa shape index (κ1) is 14.4. The van der Waals surface area contributed by atoms with Crippen molar-refractivity contribution >= 4 is 5.82 Å². The molecule has 0 bridgehead atoms. The van der Waals surface area contributed by atoms with Gasteiger partial charge < -0.3 is 14.7 Å². The standard InChI is InChI=1S/C15H19N3O2/c1-18(10-13(19)11-20-2)14-8-9-16-15(17-14)12-6-4-3-5-7-12/h3-9,13,19H,10-11H2,1-2H3/t13-/m1/s1. The lowest BCUT2D eigenvalue weighted by molar-refractivity contribution is 0.0694. The van der Waals surface area contributed by atoms with Gasteiger partial charge in [-0.2, -0.15) is 0 Å². The summed E-state index contributed by atoms with van der Waals surface area (Å²) in [5.74, 6) is 1.45. The van der Waals surface area contributed by atoms with Gasteiger partial charge in [0.1, 0.15) is 5.82 Å². The third-order valence-corrected chi connectivity index (χ3v) is 2.91. The summed E-state index contributed by atoms with van der Waals surface area (Å²) in [6, 6.07) is 11.6. The summed E-state index contributed by atoms with van der Waals surface area (Å²) < 4.78 is 4.92. The lowest BCUT2D eigenvalue weighted by atomic mass is 10.2. The molecular weight excluding hydrogens is 254 g/mol. The number of aliphatic hydroxyl groups excluding tert-OH is 1. The van der Waals surface area contributed by atoms with Gasteiger partial charge in [-0.3, -0.25) is 0 Å². The number of rotatable bonds is 6. The zero-order chi connectivity index (χ0) is 14.4. The average Bonchev–Trinajstić information content (AvgIpc) is 2.48. The van der Waals surface area contributed by atoms with Crippen LogP contribution in [0.1, 0.15) is 0 Å². The summed E-state index contributed by atoms with van der Waals surface area (Å²) in [7, 11) is 3.46. The molecule has 5 nitrogen and oxygen atoms in total. The van der Waals surface area contributed by atoms with Crippen LogP contribution in [0.3, 0.4) is 0 Å². The van der Waals surface area contributed by atoms with E-state index in [4.69, 9.17) is 4.74 Å². The molecule has 0 saturated carbocycles. The molecule has 0 spiro atoms. The van der Waals surface area contributed by atoms with Gasteiger partial charge in [-0.05, 0) is 6.07 Å². The second-order valence-electron chi connectivity index (χ2n) is 4.59. The molecule has 0 unspecified atom stereocenters. The van der Waals surface area contributed by atoms with E-state index in [1.165, 1.54) is 0 Å². The summed E-state index contributed by atoms with van der Waals surface area (Å²) in [6.07, 6.45) is 1.18. The van der Waals surface area contributed by atoms with Crippen molar-refractivity contribution in [1.82, 2.24) is 9.97 Å². The van der Waals surface area contributed by atoms with Crippen LogP contribution in [0.15, 0.2) is 42.6 Å². The number of methoxy groups -OCH3 is 1. The van der Waals surface area contributed by atoms with Crippen molar-refractivity contribution in [3.05, 3.63) is 42.6 Å². The van der Waals surface area contributed by atoms with Crippen molar-refractivity contribution in [3.8, 4) is 11.4 Å². The maximum Gasteiger partial charge on any atom is 0.161 e. The van der Waals surface area contributed by atoms with Gasteiger partial charge in [-0.15, -0.1) is 0 Å². The number of hydrogen-bond donors (Lipinski definition) is 1. The molecule has 1 heterocycles. The minimum Gasteiger partial charge on any atom is -0.389 e. The molecular formula is C15H19N3O2. The van der Waals surface area contributed by atoms with E-state index in [1.807, 2.05) is 48.3 Å². The summed E-state index contributed by atoms with van der Waals surface area (Å²) in [5.41, 5.74) is 0.972. The van der Waals surface area contributed by atoms with Gasteiger partial charge in [0.15, 0.2) is 5.82 Å². The monoisotopic (exact) mass is 273 g/mol. The van der Waals surface area contributed by atoms with Crippen LogP contribution in [0.2, 0.25) is 0 Å². The fourth-order valence-corrected chi connectivity index (χ4v) is 1.94. The SMILES string of the molecule is COC[C@H](O)CN(C)c1ccnc(-c2ccccc2)n1. The molecule has 1 aromatic heterocycles. The number of aromatic nitrogens is 2. The molecule has 0 fully saturated rings. The minimum atomic E-state index is -0.542. The van der Waals surface area contributed by atoms with Crippen molar-refractivity contribution in [2.45, 2.75) is 6.10 Å². The first-order valence-electron chi connectivity index (χ1n) is 6.47. The third kappa shape index (κ3) is 3.76. The predicted molar refractivity (Wildman–Crippen MR) is 78.6 cm³/mol. The highest BCUT2D eigenvalue weighted by atomic mass is 16.5. The third-order valence-electron chi connectivity index (χ3n) is 2.91. The van der Waals surface area contributed by atoms with Crippen LogP contribution in [0.5, 0.6) is 0 Å².